The molecule has 0 saturated heterocycles. The second kappa shape index (κ2) is 6.44. The summed E-state index contributed by atoms with van der Waals surface area (Å²) in [4.78, 5) is 13.1. The zero-order valence-electron chi connectivity index (χ0n) is 10.8. The Labute approximate surface area is 106 Å². The predicted octanol–water partition coefficient (Wildman–Crippen LogP) is 2.09. The standard InChI is InChI=1S/C13H18F2N2O/c1-4-17(3)12(18)8-16-9(2)10-6-5-7-11(14)13(10)15/h5-7,9,16H,4,8H2,1-3H3. The lowest BCUT2D eigenvalue weighted by Gasteiger charge is -2.18. The number of halogens is 2. The van der Waals surface area contributed by atoms with Crippen molar-refractivity contribution in [1.82, 2.24) is 10.2 Å². The van der Waals surface area contributed by atoms with E-state index in [2.05, 4.69) is 5.32 Å². The summed E-state index contributed by atoms with van der Waals surface area (Å²) in [6, 6.07) is 3.60. The van der Waals surface area contributed by atoms with Gasteiger partial charge in [0, 0.05) is 25.2 Å². The van der Waals surface area contributed by atoms with E-state index in [1.807, 2.05) is 6.92 Å². The molecule has 0 bridgehead atoms. The van der Waals surface area contributed by atoms with E-state index >= 15 is 0 Å². The van der Waals surface area contributed by atoms with Crippen molar-refractivity contribution in [3.05, 3.63) is 35.4 Å². The Hall–Kier alpha value is -1.49. The molecule has 0 aliphatic rings. The van der Waals surface area contributed by atoms with Gasteiger partial charge in [0.15, 0.2) is 11.6 Å². The fourth-order valence-electron chi connectivity index (χ4n) is 1.52. The molecule has 0 fully saturated rings. The van der Waals surface area contributed by atoms with E-state index in [1.165, 1.54) is 12.1 Å². The van der Waals surface area contributed by atoms with E-state index in [-0.39, 0.29) is 18.0 Å². The van der Waals surface area contributed by atoms with Crippen molar-refractivity contribution in [2.75, 3.05) is 20.1 Å². The van der Waals surface area contributed by atoms with Crippen LogP contribution in [0.1, 0.15) is 25.5 Å². The minimum atomic E-state index is -0.877. The largest absolute Gasteiger partial charge is 0.345 e. The molecule has 1 amide bonds. The molecule has 0 radical (unpaired) electrons. The van der Waals surface area contributed by atoms with Crippen molar-refractivity contribution in [1.29, 1.82) is 0 Å². The molecule has 1 rings (SSSR count). The Balaban J connectivity index is 2.63. The van der Waals surface area contributed by atoms with Crippen LogP contribution in [-0.4, -0.2) is 30.9 Å². The molecular weight excluding hydrogens is 238 g/mol. The van der Waals surface area contributed by atoms with E-state index in [0.717, 1.165) is 6.07 Å². The van der Waals surface area contributed by atoms with Crippen LogP contribution in [0.5, 0.6) is 0 Å². The zero-order chi connectivity index (χ0) is 13.7. The summed E-state index contributed by atoms with van der Waals surface area (Å²) >= 11 is 0. The van der Waals surface area contributed by atoms with Crippen molar-refractivity contribution in [3.8, 4) is 0 Å². The minimum absolute atomic E-state index is 0.0823. The number of benzene rings is 1. The summed E-state index contributed by atoms with van der Waals surface area (Å²) in [5.74, 6) is -1.83. The summed E-state index contributed by atoms with van der Waals surface area (Å²) in [7, 11) is 1.69. The number of hydrogen-bond acceptors (Lipinski definition) is 2. The van der Waals surface area contributed by atoms with Crippen molar-refractivity contribution >= 4 is 5.91 Å². The highest BCUT2D eigenvalue weighted by molar-refractivity contribution is 5.77. The Morgan fingerprint density at radius 2 is 2.11 bits per heavy atom. The molecule has 0 aliphatic carbocycles. The molecule has 0 heterocycles. The van der Waals surface area contributed by atoms with Gasteiger partial charge in [0.2, 0.25) is 5.91 Å². The van der Waals surface area contributed by atoms with Gasteiger partial charge in [0.25, 0.3) is 0 Å². The van der Waals surface area contributed by atoms with Crippen LogP contribution in [0.4, 0.5) is 8.78 Å². The van der Waals surface area contributed by atoms with Crippen LogP contribution in [0.15, 0.2) is 18.2 Å². The van der Waals surface area contributed by atoms with Crippen LogP contribution in [-0.2, 0) is 4.79 Å². The molecule has 0 aliphatic heterocycles. The van der Waals surface area contributed by atoms with Gasteiger partial charge in [-0.3, -0.25) is 4.79 Å². The van der Waals surface area contributed by atoms with Gasteiger partial charge in [0.1, 0.15) is 0 Å². The van der Waals surface area contributed by atoms with E-state index in [9.17, 15) is 13.6 Å². The van der Waals surface area contributed by atoms with Gasteiger partial charge >= 0.3 is 0 Å². The molecule has 1 atom stereocenters. The average Bonchev–Trinajstić information content (AvgIpc) is 2.37. The SMILES string of the molecule is CCN(C)C(=O)CNC(C)c1cccc(F)c1F. The van der Waals surface area contributed by atoms with Crippen LogP contribution in [0.3, 0.4) is 0 Å². The fraction of sp³-hybridized carbons (Fsp3) is 0.462. The molecule has 1 unspecified atom stereocenters. The van der Waals surface area contributed by atoms with E-state index in [1.54, 1.807) is 18.9 Å². The quantitative estimate of drug-likeness (QED) is 0.875. The van der Waals surface area contributed by atoms with Crippen molar-refractivity contribution < 1.29 is 13.6 Å². The molecule has 0 aromatic heterocycles. The highest BCUT2D eigenvalue weighted by atomic mass is 19.2. The van der Waals surface area contributed by atoms with Gasteiger partial charge < -0.3 is 10.2 Å². The Morgan fingerprint density at radius 3 is 2.72 bits per heavy atom. The summed E-state index contributed by atoms with van der Waals surface area (Å²) in [5.41, 5.74) is 0.224. The number of carbonyl (C=O) groups excluding carboxylic acids is 1. The third-order valence-electron chi connectivity index (χ3n) is 2.91. The predicted molar refractivity (Wildman–Crippen MR) is 66.1 cm³/mol. The van der Waals surface area contributed by atoms with Crippen LogP contribution < -0.4 is 5.32 Å². The average molecular weight is 256 g/mol. The molecular formula is C13H18F2N2O. The normalized spacial score (nSPS) is 12.3. The van der Waals surface area contributed by atoms with Crippen LogP contribution in [0, 0.1) is 11.6 Å². The highest BCUT2D eigenvalue weighted by Crippen LogP contribution is 2.18. The smallest absolute Gasteiger partial charge is 0.236 e. The molecule has 0 spiro atoms. The van der Waals surface area contributed by atoms with E-state index in [4.69, 9.17) is 0 Å². The highest BCUT2D eigenvalue weighted by Gasteiger charge is 2.15. The van der Waals surface area contributed by atoms with Gasteiger partial charge in [-0.2, -0.15) is 0 Å². The second-order valence-electron chi connectivity index (χ2n) is 4.15. The molecule has 3 nitrogen and oxygen atoms in total. The molecule has 100 valence electrons. The summed E-state index contributed by atoms with van der Waals surface area (Å²) in [5, 5.41) is 2.88. The maximum Gasteiger partial charge on any atom is 0.236 e. The van der Waals surface area contributed by atoms with Crippen LogP contribution in [0.25, 0.3) is 0 Å². The van der Waals surface area contributed by atoms with Gasteiger partial charge in [-0.1, -0.05) is 12.1 Å². The lowest BCUT2D eigenvalue weighted by Crippen LogP contribution is -2.36. The van der Waals surface area contributed by atoms with Crippen LogP contribution >= 0.6 is 0 Å². The molecule has 1 N–H and O–H groups in total. The van der Waals surface area contributed by atoms with Gasteiger partial charge in [-0.05, 0) is 19.9 Å². The number of nitrogens with one attached hydrogen (secondary N) is 1. The first-order chi connectivity index (χ1) is 8.47. The number of likely N-dealkylation sites (N-methyl/N-ethyl adjacent to an activating group) is 1. The molecule has 1 aromatic carbocycles. The van der Waals surface area contributed by atoms with Crippen LogP contribution in [0.2, 0.25) is 0 Å². The zero-order valence-corrected chi connectivity index (χ0v) is 10.8. The van der Waals surface area contributed by atoms with E-state index < -0.39 is 17.7 Å². The molecule has 5 heteroatoms. The fourth-order valence-corrected chi connectivity index (χ4v) is 1.52. The van der Waals surface area contributed by atoms with Crippen molar-refractivity contribution in [2.45, 2.75) is 19.9 Å². The summed E-state index contributed by atoms with van der Waals surface area (Å²) < 4.78 is 26.5. The van der Waals surface area contributed by atoms with E-state index in [0.29, 0.717) is 6.54 Å². The lowest BCUT2D eigenvalue weighted by atomic mass is 10.1. The number of amides is 1. The first-order valence-corrected chi connectivity index (χ1v) is 5.88. The number of nitrogens with zero attached hydrogens (tertiary/aromatic N) is 1. The molecule has 18 heavy (non-hydrogen) atoms. The summed E-state index contributed by atoms with van der Waals surface area (Å²) in [6.45, 7) is 4.27. The number of rotatable bonds is 5. The maximum absolute atomic E-state index is 13.5. The van der Waals surface area contributed by atoms with Gasteiger partial charge in [-0.25, -0.2) is 8.78 Å². The van der Waals surface area contributed by atoms with Crippen molar-refractivity contribution in [3.63, 3.8) is 0 Å². The molecule has 0 saturated carbocycles. The maximum atomic E-state index is 13.5. The topological polar surface area (TPSA) is 32.3 Å². The first-order valence-electron chi connectivity index (χ1n) is 5.88. The third-order valence-corrected chi connectivity index (χ3v) is 2.91. The Morgan fingerprint density at radius 1 is 1.44 bits per heavy atom. The molecule has 1 aromatic rings. The first kappa shape index (κ1) is 14.6. The van der Waals surface area contributed by atoms with Gasteiger partial charge in [-0.15, -0.1) is 0 Å². The number of carbonyl (C=O) groups is 1. The lowest BCUT2D eigenvalue weighted by molar-refractivity contribution is -0.128. The Kier molecular flexibility index (Phi) is 5.22. The van der Waals surface area contributed by atoms with Crippen molar-refractivity contribution in [2.24, 2.45) is 0 Å². The Bertz CT molecular complexity index is 423. The minimum Gasteiger partial charge on any atom is -0.345 e. The summed E-state index contributed by atoms with van der Waals surface area (Å²) in [6.07, 6.45) is 0. The monoisotopic (exact) mass is 256 g/mol. The van der Waals surface area contributed by atoms with Gasteiger partial charge in [0.05, 0.1) is 6.54 Å². The number of hydrogen-bond donors (Lipinski definition) is 1. The second-order valence-corrected chi connectivity index (χ2v) is 4.15. The third kappa shape index (κ3) is 3.50.